The standard InChI is InChI=1S/C53H102O6/c1-5-7-9-11-13-15-17-18-19-20-21-25-29-32-36-40-44-51(54)57-47-50(59-53(56)46-42-38-34-28-16-14-12-10-8-6-2)48-58-52(55)45-41-37-33-30-26-23-22-24-27-31-35-39-43-49(3)4/h49-50H,5-48H2,1-4H3/t50-/m0/s1. The van der Waals surface area contributed by atoms with Crippen LogP contribution in [0.15, 0.2) is 0 Å². The third kappa shape index (κ3) is 47.3. The highest BCUT2D eigenvalue weighted by Gasteiger charge is 2.19. The van der Waals surface area contributed by atoms with E-state index in [1.165, 1.54) is 193 Å². The number of hydrogen-bond donors (Lipinski definition) is 0. The molecule has 0 aromatic rings. The van der Waals surface area contributed by atoms with Gasteiger partial charge in [-0.3, -0.25) is 14.4 Å². The lowest BCUT2D eigenvalue weighted by atomic mass is 10.0. The van der Waals surface area contributed by atoms with Gasteiger partial charge in [0.2, 0.25) is 0 Å². The van der Waals surface area contributed by atoms with Gasteiger partial charge in [-0.2, -0.15) is 0 Å². The molecule has 6 heteroatoms. The zero-order valence-corrected chi connectivity index (χ0v) is 40.2. The van der Waals surface area contributed by atoms with Gasteiger partial charge in [-0.15, -0.1) is 0 Å². The molecule has 350 valence electrons. The Kier molecular flexibility index (Phi) is 46.2. The quantitative estimate of drug-likeness (QED) is 0.0345. The summed E-state index contributed by atoms with van der Waals surface area (Å²) in [4.78, 5) is 37.9. The minimum absolute atomic E-state index is 0.0626. The van der Waals surface area contributed by atoms with Crippen LogP contribution in [0.5, 0.6) is 0 Å². The third-order valence-electron chi connectivity index (χ3n) is 12.0. The van der Waals surface area contributed by atoms with Crippen molar-refractivity contribution in [3.63, 3.8) is 0 Å². The molecule has 0 aromatic heterocycles. The summed E-state index contributed by atoms with van der Waals surface area (Å²) in [5.41, 5.74) is 0. The summed E-state index contributed by atoms with van der Waals surface area (Å²) in [6.07, 6.45) is 49.4. The molecule has 0 radical (unpaired) electrons. The molecule has 6 nitrogen and oxygen atoms in total. The predicted octanol–water partition coefficient (Wildman–Crippen LogP) is 17.1. The van der Waals surface area contributed by atoms with Gasteiger partial charge in [-0.1, -0.05) is 259 Å². The van der Waals surface area contributed by atoms with Crippen molar-refractivity contribution < 1.29 is 28.6 Å². The van der Waals surface area contributed by atoms with Crippen molar-refractivity contribution in [3.05, 3.63) is 0 Å². The van der Waals surface area contributed by atoms with Gasteiger partial charge >= 0.3 is 17.9 Å². The van der Waals surface area contributed by atoms with Crippen LogP contribution in [0.4, 0.5) is 0 Å². The molecule has 0 aliphatic carbocycles. The average molecular weight is 835 g/mol. The lowest BCUT2D eigenvalue weighted by Gasteiger charge is -2.18. The Balaban J connectivity index is 4.25. The fourth-order valence-electron chi connectivity index (χ4n) is 8.04. The van der Waals surface area contributed by atoms with E-state index < -0.39 is 6.10 Å². The smallest absolute Gasteiger partial charge is 0.306 e. The van der Waals surface area contributed by atoms with Gasteiger partial charge in [-0.25, -0.2) is 0 Å². The number of unbranched alkanes of at least 4 members (excludes halogenated alkanes) is 35. The number of hydrogen-bond acceptors (Lipinski definition) is 6. The van der Waals surface area contributed by atoms with E-state index in [-0.39, 0.29) is 31.1 Å². The summed E-state index contributed by atoms with van der Waals surface area (Å²) >= 11 is 0. The first-order chi connectivity index (χ1) is 28.9. The fraction of sp³-hybridized carbons (Fsp3) is 0.943. The summed E-state index contributed by atoms with van der Waals surface area (Å²) in [5.74, 6) is -0.0104. The first-order valence-corrected chi connectivity index (χ1v) is 26.4. The van der Waals surface area contributed by atoms with Gasteiger partial charge in [-0.05, 0) is 25.2 Å². The van der Waals surface area contributed by atoms with Crippen molar-refractivity contribution in [3.8, 4) is 0 Å². The molecule has 0 unspecified atom stereocenters. The summed E-state index contributed by atoms with van der Waals surface area (Å²) in [6, 6.07) is 0. The van der Waals surface area contributed by atoms with Crippen molar-refractivity contribution in [2.24, 2.45) is 5.92 Å². The van der Waals surface area contributed by atoms with E-state index >= 15 is 0 Å². The van der Waals surface area contributed by atoms with Gasteiger partial charge in [0, 0.05) is 19.3 Å². The second-order valence-electron chi connectivity index (χ2n) is 18.6. The number of esters is 3. The van der Waals surface area contributed by atoms with Gasteiger partial charge < -0.3 is 14.2 Å². The van der Waals surface area contributed by atoms with Crippen molar-refractivity contribution >= 4 is 17.9 Å². The van der Waals surface area contributed by atoms with Crippen molar-refractivity contribution in [2.45, 2.75) is 303 Å². The van der Waals surface area contributed by atoms with Crippen LogP contribution in [0.1, 0.15) is 297 Å². The van der Waals surface area contributed by atoms with Crippen molar-refractivity contribution in [1.29, 1.82) is 0 Å². The first kappa shape index (κ1) is 57.4. The SMILES string of the molecule is CCCCCCCCCCCCCCCCCCC(=O)OC[C@@H](COC(=O)CCCCCCCCCCCCCCC(C)C)OC(=O)CCCCCCCCCCCC. The summed E-state index contributed by atoms with van der Waals surface area (Å²) in [7, 11) is 0. The zero-order chi connectivity index (χ0) is 43.1. The van der Waals surface area contributed by atoms with E-state index in [4.69, 9.17) is 14.2 Å². The Labute approximate surface area is 368 Å². The topological polar surface area (TPSA) is 78.9 Å². The maximum Gasteiger partial charge on any atom is 0.306 e. The number of carbonyl (C=O) groups excluding carboxylic acids is 3. The molecular weight excluding hydrogens is 733 g/mol. The molecule has 0 fully saturated rings. The molecule has 0 bridgehead atoms. The maximum atomic E-state index is 12.7. The van der Waals surface area contributed by atoms with Crippen LogP contribution in [0.25, 0.3) is 0 Å². The van der Waals surface area contributed by atoms with E-state index in [0.29, 0.717) is 19.3 Å². The highest BCUT2D eigenvalue weighted by Crippen LogP contribution is 2.17. The van der Waals surface area contributed by atoms with Gasteiger partial charge in [0.25, 0.3) is 0 Å². The lowest BCUT2D eigenvalue weighted by Crippen LogP contribution is -2.30. The van der Waals surface area contributed by atoms with E-state index in [9.17, 15) is 14.4 Å². The molecule has 0 N–H and O–H groups in total. The van der Waals surface area contributed by atoms with Crippen LogP contribution in [0.3, 0.4) is 0 Å². The van der Waals surface area contributed by atoms with Gasteiger partial charge in [0.05, 0.1) is 0 Å². The largest absolute Gasteiger partial charge is 0.462 e. The molecule has 0 spiro atoms. The van der Waals surface area contributed by atoms with Crippen LogP contribution in [0, 0.1) is 5.92 Å². The molecule has 0 aliphatic heterocycles. The summed E-state index contributed by atoms with van der Waals surface area (Å²) < 4.78 is 16.8. The predicted molar refractivity (Wildman–Crippen MR) is 252 cm³/mol. The molecule has 1 atom stereocenters. The monoisotopic (exact) mass is 835 g/mol. The molecule has 59 heavy (non-hydrogen) atoms. The molecule has 0 saturated heterocycles. The van der Waals surface area contributed by atoms with Crippen LogP contribution < -0.4 is 0 Å². The lowest BCUT2D eigenvalue weighted by molar-refractivity contribution is -0.167. The highest BCUT2D eigenvalue weighted by atomic mass is 16.6. The Bertz CT molecular complexity index is 887. The van der Waals surface area contributed by atoms with Crippen LogP contribution >= 0.6 is 0 Å². The van der Waals surface area contributed by atoms with Crippen LogP contribution in [0.2, 0.25) is 0 Å². The maximum absolute atomic E-state index is 12.7. The molecule has 0 aromatic carbocycles. The van der Waals surface area contributed by atoms with Crippen molar-refractivity contribution in [2.75, 3.05) is 13.2 Å². The molecule has 0 heterocycles. The van der Waals surface area contributed by atoms with E-state index in [1.54, 1.807) is 0 Å². The Morgan fingerprint density at radius 1 is 0.322 bits per heavy atom. The van der Waals surface area contributed by atoms with Crippen LogP contribution in [-0.2, 0) is 28.6 Å². The third-order valence-corrected chi connectivity index (χ3v) is 12.0. The number of carbonyl (C=O) groups is 3. The average Bonchev–Trinajstić information content (AvgIpc) is 3.22. The number of ether oxygens (including phenoxy) is 3. The van der Waals surface area contributed by atoms with Gasteiger partial charge in [0.15, 0.2) is 6.10 Å². The second kappa shape index (κ2) is 47.5. The number of rotatable bonds is 48. The van der Waals surface area contributed by atoms with E-state index in [2.05, 4.69) is 27.7 Å². The Morgan fingerprint density at radius 2 is 0.559 bits per heavy atom. The molecule has 0 saturated carbocycles. The minimum Gasteiger partial charge on any atom is -0.462 e. The molecule has 0 rings (SSSR count). The van der Waals surface area contributed by atoms with Crippen LogP contribution in [-0.4, -0.2) is 37.2 Å². The Morgan fingerprint density at radius 3 is 0.831 bits per heavy atom. The highest BCUT2D eigenvalue weighted by molar-refractivity contribution is 5.71. The zero-order valence-electron chi connectivity index (χ0n) is 40.2. The molecular formula is C53H102O6. The molecule has 0 amide bonds. The summed E-state index contributed by atoms with van der Waals surface area (Å²) in [6.45, 7) is 9.02. The first-order valence-electron chi connectivity index (χ1n) is 26.4. The minimum atomic E-state index is -0.760. The van der Waals surface area contributed by atoms with Crippen molar-refractivity contribution in [1.82, 2.24) is 0 Å². The van der Waals surface area contributed by atoms with E-state index in [1.807, 2.05) is 0 Å². The summed E-state index contributed by atoms with van der Waals surface area (Å²) in [5, 5.41) is 0. The Hall–Kier alpha value is -1.59. The normalized spacial score (nSPS) is 11.9. The molecule has 0 aliphatic rings. The second-order valence-corrected chi connectivity index (χ2v) is 18.6. The van der Waals surface area contributed by atoms with E-state index in [0.717, 1.165) is 63.7 Å². The fourth-order valence-corrected chi connectivity index (χ4v) is 8.04. The van der Waals surface area contributed by atoms with Gasteiger partial charge in [0.1, 0.15) is 13.2 Å².